The third kappa shape index (κ3) is 27.3. The number of benzene rings is 1. The fourth-order valence-electron chi connectivity index (χ4n) is 15.9. The molecule has 1 aromatic carbocycles. The van der Waals surface area contributed by atoms with Gasteiger partial charge >= 0.3 is 114 Å². The third-order valence-electron chi connectivity index (χ3n) is 19.4. The Morgan fingerprint density at radius 1 is 0.388 bits per heavy atom. The number of hydrogen-bond acceptors (Lipinski definition) is 0. The molecule has 10 aliphatic carbocycles. The van der Waals surface area contributed by atoms with Gasteiger partial charge in [0.2, 0.25) is 0 Å². The summed E-state index contributed by atoms with van der Waals surface area (Å²) < 4.78 is 0. The molecule has 0 aliphatic heterocycles. The Kier molecular flexibility index (Phi) is 51.2. The predicted molar refractivity (Wildman–Crippen MR) is 356 cm³/mol. The Hall–Kier alpha value is 1.27. The van der Waals surface area contributed by atoms with Gasteiger partial charge in [0, 0.05) is 0 Å². The van der Waals surface area contributed by atoms with Crippen LogP contribution < -0.4 is 0 Å². The summed E-state index contributed by atoms with van der Waals surface area (Å²) in [6.45, 7) is 3.95. The molecule has 0 heterocycles. The number of hydrogen-bond donors (Lipinski definition) is 0. The van der Waals surface area contributed by atoms with Gasteiger partial charge in [-0.25, -0.2) is 0 Å². The molecule has 11 rings (SSSR count). The Labute approximate surface area is 553 Å². The second-order valence-corrected chi connectivity index (χ2v) is 34.4. The van der Waals surface area contributed by atoms with Gasteiger partial charge in [0.15, 0.2) is 0 Å². The first-order valence-corrected chi connectivity index (χ1v) is 47.9. The summed E-state index contributed by atoms with van der Waals surface area (Å²) in [5.74, 6) is 14.4. The zero-order chi connectivity index (χ0) is 51.5. The summed E-state index contributed by atoms with van der Waals surface area (Å²) in [6, 6.07) is 11.0. The van der Waals surface area contributed by atoms with E-state index < -0.39 is 62.5 Å². The van der Waals surface area contributed by atoms with Crippen LogP contribution in [0.15, 0.2) is 140 Å². The van der Waals surface area contributed by atoms with E-state index in [1.54, 1.807) is 0 Å². The minimum absolute atomic E-state index is 0. The number of allylic oxidation sites excluding steroid dienone is 17. The molecular formula is C71H110Cl6Zr3. The van der Waals surface area contributed by atoms with Crippen LogP contribution in [-0.2, 0) is 69.0 Å². The molecule has 1 aromatic rings. The van der Waals surface area contributed by atoms with E-state index in [9.17, 15) is 0 Å². The second-order valence-electron chi connectivity index (χ2n) is 23.2. The average Bonchev–Trinajstić information content (AvgIpc) is 4.31. The summed E-state index contributed by atoms with van der Waals surface area (Å²) in [6.07, 6.45) is 75.1. The number of fused-ring (bicyclic) bond motifs is 4. The van der Waals surface area contributed by atoms with Crippen molar-refractivity contribution in [3.63, 3.8) is 0 Å². The van der Waals surface area contributed by atoms with Crippen LogP contribution in [0.4, 0.5) is 0 Å². The number of halogens is 6. The number of rotatable bonds is 15. The summed E-state index contributed by atoms with van der Waals surface area (Å²) >= 11 is -2.48. The molecule has 14 atom stereocenters. The Balaban J connectivity index is 0. The molecule has 80 heavy (non-hydrogen) atoms. The zero-order valence-corrected chi connectivity index (χ0v) is 61.8. The van der Waals surface area contributed by atoms with Crippen molar-refractivity contribution in [2.24, 2.45) is 94.7 Å². The van der Waals surface area contributed by atoms with E-state index in [4.69, 9.17) is 51.1 Å². The maximum atomic E-state index is 4.93. The topological polar surface area (TPSA) is 0 Å². The Morgan fingerprint density at radius 2 is 0.713 bits per heavy atom. The molecule has 0 amide bonds. The quantitative estimate of drug-likeness (QED) is 0.121. The van der Waals surface area contributed by atoms with Crippen LogP contribution in [0.2, 0.25) is 0 Å². The van der Waals surface area contributed by atoms with Gasteiger partial charge in [0.25, 0.3) is 0 Å². The normalized spacial score (nSPS) is 30.4. The molecule has 0 nitrogen and oxygen atoms in total. The maximum absolute atomic E-state index is 4.93. The molecule has 14 unspecified atom stereocenters. The monoisotopic (exact) mass is 1440 g/mol. The summed E-state index contributed by atoms with van der Waals surface area (Å²) in [5, 5.41) is 0. The number of aryl methyl sites for hydroxylation is 1. The van der Waals surface area contributed by atoms with E-state index in [2.05, 4.69) is 140 Å². The first-order chi connectivity index (χ1) is 35.9. The van der Waals surface area contributed by atoms with Crippen LogP contribution in [0.25, 0.3) is 0 Å². The van der Waals surface area contributed by atoms with Crippen LogP contribution in [-0.4, -0.2) is 0 Å². The summed E-state index contributed by atoms with van der Waals surface area (Å²) in [7, 11) is 29.6. The van der Waals surface area contributed by atoms with Crippen molar-refractivity contribution < 1.29 is 62.5 Å². The average molecular weight is 1450 g/mol. The fraction of sp³-hybridized carbons (Fsp3) is 0.577. The molecule has 6 fully saturated rings. The van der Waals surface area contributed by atoms with Crippen LogP contribution in [0.5, 0.6) is 0 Å². The van der Waals surface area contributed by atoms with Gasteiger partial charge < -0.3 is 44.6 Å². The van der Waals surface area contributed by atoms with Crippen LogP contribution in [0.3, 0.4) is 0 Å². The Bertz CT molecular complexity index is 1870. The minimum atomic E-state index is -0.826. The molecule has 0 bridgehead atoms. The molecule has 10 aliphatic rings. The van der Waals surface area contributed by atoms with Crippen molar-refractivity contribution in [1.82, 2.24) is 0 Å². The predicted octanol–water partition coefficient (Wildman–Crippen LogP) is 25.3. The van der Waals surface area contributed by atoms with E-state index in [1.807, 2.05) is 0 Å². The van der Waals surface area contributed by atoms with E-state index in [0.29, 0.717) is 0 Å². The fourth-order valence-corrected chi connectivity index (χ4v) is 15.9. The zero-order valence-electron chi connectivity index (χ0n) is 49.9. The molecule has 0 N–H and O–H groups in total. The summed E-state index contributed by atoms with van der Waals surface area (Å²) in [5.41, 5.74) is 1.51. The standard InChI is InChI=1S/C25H34.C20H26.C19H28.CH4.6CH3.6ClH.3Zr/c1-2-9-20(10-3-1)13-8-14-22-19-23(18-17-21-11-4-5-12-21)25-16-7-6-15-24(22)25;1-3-7-19-15(5-1)9-11-17(19)13-14-18-12-10-16-6-2-4-8-20(16)18;1-2-7-16-14-17(13-12-15-8-3-4-9-15)19-11-6-5-10-18(16)19;;;;;;;;;;;;;;;;/h1-3,6-7,9-10,15-16,21-25H,4-5,8,11-14,17-19H2;1-8,15-20H,9-14H2;2,5-6,10-11,15-19H,1,3-4,7-9,12-14H2;1H4;6*1H3;6*1H;;;/q;;;;6*-1;;;;;;;3*+4/p-6. The van der Waals surface area contributed by atoms with Crippen molar-refractivity contribution in [3.05, 3.63) is 190 Å². The third-order valence-corrected chi connectivity index (χ3v) is 19.4. The van der Waals surface area contributed by atoms with Crippen molar-refractivity contribution in [2.45, 2.75) is 162 Å². The van der Waals surface area contributed by atoms with Gasteiger partial charge in [0.1, 0.15) is 0 Å². The molecule has 0 saturated heterocycles. The van der Waals surface area contributed by atoms with Gasteiger partial charge in [-0.15, -0.1) is 6.58 Å². The van der Waals surface area contributed by atoms with Crippen molar-refractivity contribution in [1.29, 1.82) is 0 Å². The van der Waals surface area contributed by atoms with Gasteiger partial charge in [-0.2, -0.15) is 0 Å². The summed E-state index contributed by atoms with van der Waals surface area (Å²) in [4.78, 5) is 0. The molecule has 0 radical (unpaired) electrons. The first kappa shape index (κ1) is 83.3. The second kappa shape index (κ2) is 49.2. The van der Waals surface area contributed by atoms with Gasteiger partial charge in [-0.3, -0.25) is 0 Å². The van der Waals surface area contributed by atoms with E-state index in [1.165, 1.54) is 160 Å². The Morgan fingerprint density at radius 3 is 1.10 bits per heavy atom. The van der Waals surface area contributed by atoms with E-state index >= 15 is 0 Å². The van der Waals surface area contributed by atoms with Gasteiger partial charge in [-0.05, 0) is 190 Å². The van der Waals surface area contributed by atoms with Gasteiger partial charge in [-0.1, -0.05) is 205 Å². The van der Waals surface area contributed by atoms with Crippen LogP contribution >= 0.6 is 51.1 Å². The first-order valence-electron chi connectivity index (χ1n) is 28.9. The van der Waals surface area contributed by atoms with E-state index in [-0.39, 0.29) is 52.0 Å². The molecule has 6 saturated carbocycles. The molecule has 0 spiro atoms. The van der Waals surface area contributed by atoms with Crippen LogP contribution in [0.1, 0.15) is 161 Å². The molecule has 0 aromatic heterocycles. The molecular weight excluding hydrogens is 1340 g/mol. The van der Waals surface area contributed by atoms with Crippen LogP contribution in [0, 0.1) is 139 Å². The SMILES string of the molecule is C.C1=CC2C(CCCc3ccccc3)CC(CCC3CCCC3)C2C=C1.C1=CC2CCC(CCC3CCC4C=CC=CC43)C2C=C1.C=CCC1CC(CCC2CCCC2)C2C=CC=CC12.[CH3-].[CH3-].[CH3-].[CH3-].[CH3-].[CH3-].[Cl][Zr+2][Cl].[Cl][Zr+2][Cl].[Cl][Zr+2][Cl]. The van der Waals surface area contributed by atoms with Gasteiger partial charge in [0.05, 0.1) is 0 Å². The molecule has 448 valence electrons. The van der Waals surface area contributed by atoms with Crippen molar-refractivity contribution in [2.75, 3.05) is 0 Å². The molecule has 9 heteroatoms. The van der Waals surface area contributed by atoms with Crippen molar-refractivity contribution >= 4 is 51.1 Å². The van der Waals surface area contributed by atoms with Crippen molar-refractivity contribution in [3.8, 4) is 0 Å². The van der Waals surface area contributed by atoms with E-state index in [0.717, 1.165) is 94.7 Å².